The van der Waals surface area contributed by atoms with Gasteiger partial charge in [0.15, 0.2) is 5.65 Å². The van der Waals surface area contributed by atoms with Crippen LogP contribution in [-0.2, 0) is 17.8 Å². The maximum Gasteiger partial charge on any atom is 0.232 e. The first-order valence-corrected chi connectivity index (χ1v) is 13.6. The van der Waals surface area contributed by atoms with Crippen molar-refractivity contribution in [1.29, 1.82) is 0 Å². The fraction of sp³-hybridized carbons (Fsp3) is 0.286. The van der Waals surface area contributed by atoms with Gasteiger partial charge in [-0.3, -0.25) is 0 Å². The Morgan fingerprint density at radius 2 is 1.54 bits per heavy atom. The number of rotatable bonds is 9. The lowest BCUT2D eigenvalue weighted by Gasteiger charge is -2.29. The van der Waals surface area contributed by atoms with Gasteiger partial charge in [-0.25, -0.2) is 4.98 Å². The van der Waals surface area contributed by atoms with Crippen molar-refractivity contribution in [1.82, 2.24) is 24.6 Å². The maximum atomic E-state index is 5.60. The van der Waals surface area contributed by atoms with Gasteiger partial charge in [0.05, 0.1) is 39.2 Å². The molecule has 0 amide bonds. The van der Waals surface area contributed by atoms with Gasteiger partial charge < -0.3 is 24.0 Å². The Balaban J connectivity index is 1.47. The van der Waals surface area contributed by atoms with Crippen LogP contribution in [0.1, 0.15) is 11.1 Å². The molecule has 1 saturated heterocycles. The molecule has 2 aromatic carbocycles. The van der Waals surface area contributed by atoms with Crippen LogP contribution in [0.25, 0.3) is 16.2 Å². The number of fused-ring (bicyclic) bond motifs is 1. The summed E-state index contributed by atoms with van der Waals surface area (Å²) >= 11 is 1.57. The predicted octanol–water partition coefficient (Wildman–Crippen LogP) is 4.31. The lowest BCUT2D eigenvalue weighted by atomic mass is 10.1. The van der Waals surface area contributed by atoms with Gasteiger partial charge in [0.1, 0.15) is 16.5 Å². The van der Waals surface area contributed by atoms with E-state index in [2.05, 4.69) is 39.0 Å². The molecule has 0 bridgehead atoms. The molecule has 10 nitrogen and oxygen atoms in total. The van der Waals surface area contributed by atoms with E-state index in [-0.39, 0.29) is 0 Å². The number of anilines is 2. The van der Waals surface area contributed by atoms with E-state index in [0.717, 1.165) is 51.9 Å². The van der Waals surface area contributed by atoms with Crippen LogP contribution in [0, 0.1) is 0 Å². The van der Waals surface area contributed by atoms with Gasteiger partial charge in [-0.1, -0.05) is 24.3 Å². The standard InChI is InChI=1S/C28H29N7O3S/c1-36-22-7-3-20(4-8-22)18-34(19-21-5-9-23(37-2)10-6-21)28-32-27(33-12-14-38-15-13-33)31-25-24(17-30-35(25)28)26-29-11-16-39-26/h3-11,16-17H,12-15,18-19H2,1-2H3. The van der Waals surface area contributed by atoms with Gasteiger partial charge in [-0.2, -0.15) is 19.6 Å². The summed E-state index contributed by atoms with van der Waals surface area (Å²) in [6.45, 7) is 3.96. The molecule has 200 valence electrons. The number of benzene rings is 2. The molecule has 0 radical (unpaired) electrons. The topological polar surface area (TPSA) is 90.1 Å². The summed E-state index contributed by atoms with van der Waals surface area (Å²) in [7, 11) is 3.35. The van der Waals surface area contributed by atoms with E-state index >= 15 is 0 Å². The van der Waals surface area contributed by atoms with Crippen molar-refractivity contribution in [2.45, 2.75) is 13.1 Å². The highest BCUT2D eigenvalue weighted by molar-refractivity contribution is 7.13. The van der Waals surface area contributed by atoms with Crippen molar-refractivity contribution in [2.75, 3.05) is 50.3 Å². The quantitative estimate of drug-likeness (QED) is 0.270. The highest BCUT2D eigenvalue weighted by Crippen LogP contribution is 2.30. The highest BCUT2D eigenvalue weighted by atomic mass is 32.1. The summed E-state index contributed by atoms with van der Waals surface area (Å²) < 4.78 is 18.2. The zero-order chi connectivity index (χ0) is 26.6. The molecule has 5 aromatic rings. The molecule has 0 N–H and O–H groups in total. The summed E-state index contributed by atoms with van der Waals surface area (Å²) in [5.41, 5.74) is 3.86. The molecule has 4 heterocycles. The minimum atomic E-state index is 0.608. The molecule has 3 aromatic heterocycles. The van der Waals surface area contributed by atoms with Gasteiger partial charge in [0.2, 0.25) is 11.9 Å². The summed E-state index contributed by atoms with van der Waals surface area (Å²) in [6.07, 6.45) is 3.63. The molecule has 0 aliphatic carbocycles. The summed E-state index contributed by atoms with van der Waals surface area (Å²) in [5, 5.41) is 7.59. The number of aromatic nitrogens is 5. The maximum absolute atomic E-state index is 5.60. The van der Waals surface area contributed by atoms with Gasteiger partial charge >= 0.3 is 0 Å². The molecule has 1 aliphatic heterocycles. The smallest absolute Gasteiger partial charge is 0.232 e. The van der Waals surface area contributed by atoms with E-state index in [1.54, 1.807) is 31.8 Å². The van der Waals surface area contributed by atoms with Gasteiger partial charge in [0, 0.05) is 37.8 Å². The molecule has 1 fully saturated rings. The zero-order valence-corrected chi connectivity index (χ0v) is 22.7. The number of nitrogens with zero attached hydrogens (tertiary/aromatic N) is 7. The van der Waals surface area contributed by atoms with Crippen molar-refractivity contribution < 1.29 is 14.2 Å². The number of ether oxygens (including phenoxy) is 3. The second kappa shape index (κ2) is 11.3. The molecular weight excluding hydrogens is 514 g/mol. The molecular formula is C28H29N7O3S. The van der Waals surface area contributed by atoms with E-state index in [1.807, 2.05) is 40.4 Å². The number of hydrogen-bond donors (Lipinski definition) is 0. The minimum Gasteiger partial charge on any atom is -0.497 e. The Bertz CT molecular complexity index is 1470. The van der Waals surface area contributed by atoms with E-state index in [4.69, 9.17) is 29.3 Å². The minimum absolute atomic E-state index is 0.608. The van der Waals surface area contributed by atoms with E-state index < -0.39 is 0 Å². The van der Waals surface area contributed by atoms with Crippen LogP contribution in [0.4, 0.5) is 11.9 Å². The molecule has 1 aliphatic rings. The van der Waals surface area contributed by atoms with Gasteiger partial charge in [-0.15, -0.1) is 11.3 Å². The predicted molar refractivity (Wildman–Crippen MR) is 151 cm³/mol. The summed E-state index contributed by atoms with van der Waals surface area (Å²) in [5.74, 6) is 3.00. The molecule has 6 rings (SSSR count). The number of methoxy groups -OCH3 is 2. The molecule has 0 unspecified atom stereocenters. The van der Waals surface area contributed by atoms with Crippen LogP contribution in [0.2, 0.25) is 0 Å². The van der Waals surface area contributed by atoms with E-state index in [0.29, 0.717) is 38.2 Å². The van der Waals surface area contributed by atoms with Crippen LogP contribution in [0.3, 0.4) is 0 Å². The Morgan fingerprint density at radius 3 is 2.10 bits per heavy atom. The first kappa shape index (κ1) is 25.1. The Morgan fingerprint density at radius 1 is 0.897 bits per heavy atom. The lowest BCUT2D eigenvalue weighted by molar-refractivity contribution is 0.122. The second-order valence-corrected chi connectivity index (χ2v) is 10.0. The second-order valence-electron chi connectivity index (χ2n) is 9.11. The number of morpholine rings is 1. The summed E-state index contributed by atoms with van der Waals surface area (Å²) in [4.78, 5) is 19.0. The van der Waals surface area contributed by atoms with Crippen LogP contribution in [-0.4, -0.2) is 65.1 Å². The summed E-state index contributed by atoms with van der Waals surface area (Å²) in [6, 6.07) is 16.2. The number of thiazole rings is 1. The van der Waals surface area contributed by atoms with Crippen LogP contribution < -0.4 is 19.3 Å². The normalized spacial score (nSPS) is 13.5. The monoisotopic (exact) mass is 543 g/mol. The van der Waals surface area contributed by atoms with Crippen LogP contribution in [0.5, 0.6) is 11.5 Å². The average Bonchev–Trinajstić information content (AvgIpc) is 3.68. The Hall–Kier alpha value is -4.22. The first-order chi connectivity index (χ1) is 19.2. The van der Waals surface area contributed by atoms with Crippen molar-refractivity contribution in [2.24, 2.45) is 0 Å². The number of hydrogen-bond acceptors (Lipinski definition) is 10. The fourth-order valence-corrected chi connectivity index (χ4v) is 5.21. The SMILES string of the molecule is COc1ccc(CN(Cc2ccc(OC)cc2)c2nc(N3CCOCC3)nc3c(-c4nccs4)cnn23)cc1. The third-order valence-electron chi connectivity index (χ3n) is 6.64. The third-order valence-corrected chi connectivity index (χ3v) is 7.45. The molecule has 0 spiro atoms. The van der Waals surface area contributed by atoms with Gasteiger partial charge in [-0.05, 0) is 35.4 Å². The molecule has 11 heteroatoms. The molecule has 0 saturated carbocycles. The van der Waals surface area contributed by atoms with Crippen molar-refractivity contribution >= 4 is 28.9 Å². The van der Waals surface area contributed by atoms with Crippen LogP contribution >= 0.6 is 11.3 Å². The van der Waals surface area contributed by atoms with Gasteiger partial charge in [0.25, 0.3) is 0 Å². The van der Waals surface area contributed by atoms with E-state index in [9.17, 15) is 0 Å². The van der Waals surface area contributed by atoms with Crippen molar-refractivity contribution in [3.63, 3.8) is 0 Å². The molecule has 0 atom stereocenters. The largest absolute Gasteiger partial charge is 0.497 e. The lowest BCUT2D eigenvalue weighted by Crippen LogP contribution is -2.38. The highest BCUT2D eigenvalue weighted by Gasteiger charge is 2.24. The van der Waals surface area contributed by atoms with E-state index in [1.165, 1.54) is 0 Å². The zero-order valence-electron chi connectivity index (χ0n) is 21.9. The van der Waals surface area contributed by atoms with Crippen molar-refractivity contribution in [3.8, 4) is 22.1 Å². The Labute approximate surface area is 230 Å². The van der Waals surface area contributed by atoms with Crippen molar-refractivity contribution in [3.05, 3.63) is 77.4 Å². The fourth-order valence-electron chi connectivity index (χ4n) is 4.57. The third kappa shape index (κ3) is 5.36. The average molecular weight is 544 g/mol. The molecule has 39 heavy (non-hydrogen) atoms. The Kier molecular flexibility index (Phi) is 7.24. The first-order valence-electron chi connectivity index (χ1n) is 12.7. The van der Waals surface area contributed by atoms with Crippen LogP contribution in [0.15, 0.2) is 66.3 Å².